The molecule has 1 aromatic heterocycles. The highest BCUT2D eigenvalue weighted by Crippen LogP contribution is 2.34. The van der Waals surface area contributed by atoms with Crippen molar-refractivity contribution < 1.29 is 18.7 Å². The first-order valence-corrected chi connectivity index (χ1v) is 7.47. The number of likely N-dealkylation sites (tertiary alicyclic amines) is 1. The van der Waals surface area contributed by atoms with Crippen molar-refractivity contribution in [1.29, 1.82) is 0 Å². The lowest BCUT2D eigenvalue weighted by molar-refractivity contribution is 0.0709. The van der Waals surface area contributed by atoms with Crippen LogP contribution in [0.4, 0.5) is 8.78 Å². The molecule has 0 bridgehead atoms. The minimum Gasteiger partial charge on any atom is -0.391 e. The highest BCUT2D eigenvalue weighted by Gasteiger charge is 2.37. The number of aromatic nitrogens is 1. The normalized spacial score (nSPS) is 21.0. The van der Waals surface area contributed by atoms with E-state index >= 15 is 0 Å². The first-order chi connectivity index (χ1) is 10.9. The maximum Gasteiger partial charge on any atom is 0.271 e. The van der Waals surface area contributed by atoms with Gasteiger partial charge in [0.05, 0.1) is 12.1 Å². The van der Waals surface area contributed by atoms with E-state index < -0.39 is 23.8 Å². The third-order valence-corrected chi connectivity index (χ3v) is 4.23. The van der Waals surface area contributed by atoms with Crippen molar-refractivity contribution in [2.24, 2.45) is 0 Å². The number of aliphatic hydroxyl groups is 1. The largest absolute Gasteiger partial charge is 0.391 e. The number of carbonyl (C=O) groups is 1. The number of aryl methyl sites for hydroxylation is 2. The van der Waals surface area contributed by atoms with Crippen molar-refractivity contribution in [3.05, 3.63) is 58.4 Å². The number of aliphatic hydroxyl groups excluding tert-OH is 1. The lowest BCUT2D eigenvalue weighted by atomic mass is 10.0. The monoisotopic (exact) mass is 320 g/mol. The fourth-order valence-corrected chi connectivity index (χ4v) is 3.17. The van der Waals surface area contributed by atoms with Crippen LogP contribution in [0.15, 0.2) is 24.3 Å². The lowest BCUT2D eigenvalue weighted by Crippen LogP contribution is -2.32. The van der Waals surface area contributed by atoms with Gasteiger partial charge < -0.3 is 15.0 Å². The van der Waals surface area contributed by atoms with Crippen molar-refractivity contribution in [1.82, 2.24) is 9.88 Å². The number of hydrogen-bond acceptors (Lipinski definition) is 2. The summed E-state index contributed by atoms with van der Waals surface area (Å²) >= 11 is 0. The number of H-pyrrole nitrogens is 1. The predicted molar refractivity (Wildman–Crippen MR) is 81.0 cm³/mol. The number of rotatable bonds is 2. The molecule has 1 amide bonds. The average molecular weight is 320 g/mol. The van der Waals surface area contributed by atoms with E-state index in [9.17, 15) is 18.7 Å². The molecule has 2 heterocycles. The highest BCUT2D eigenvalue weighted by atomic mass is 19.2. The topological polar surface area (TPSA) is 56.3 Å². The number of aromatic amines is 1. The van der Waals surface area contributed by atoms with Gasteiger partial charge in [0.15, 0.2) is 11.6 Å². The molecule has 0 saturated carbocycles. The summed E-state index contributed by atoms with van der Waals surface area (Å²) in [6.45, 7) is 3.85. The molecule has 0 aliphatic carbocycles. The lowest BCUT2D eigenvalue weighted by Gasteiger charge is -2.24. The number of nitrogens with one attached hydrogen (secondary N) is 1. The maximum atomic E-state index is 13.5. The van der Waals surface area contributed by atoms with Crippen molar-refractivity contribution in [2.45, 2.75) is 32.4 Å². The number of carbonyl (C=O) groups excluding carboxylic acids is 1. The first kappa shape index (κ1) is 15.7. The van der Waals surface area contributed by atoms with Crippen LogP contribution in [0.5, 0.6) is 0 Å². The molecule has 1 aliphatic rings. The van der Waals surface area contributed by atoms with Crippen LogP contribution >= 0.6 is 0 Å². The molecule has 122 valence electrons. The molecule has 1 saturated heterocycles. The zero-order valence-electron chi connectivity index (χ0n) is 12.9. The van der Waals surface area contributed by atoms with Gasteiger partial charge in [-0.15, -0.1) is 0 Å². The second-order valence-electron chi connectivity index (χ2n) is 6.05. The smallest absolute Gasteiger partial charge is 0.271 e. The number of hydrogen-bond donors (Lipinski definition) is 2. The predicted octanol–water partition coefficient (Wildman–Crippen LogP) is 2.86. The van der Waals surface area contributed by atoms with E-state index in [0.29, 0.717) is 17.7 Å². The summed E-state index contributed by atoms with van der Waals surface area (Å²) in [5, 5.41) is 9.95. The van der Waals surface area contributed by atoms with Gasteiger partial charge in [-0.2, -0.15) is 0 Å². The Hall–Kier alpha value is -2.21. The Morgan fingerprint density at radius 3 is 2.61 bits per heavy atom. The van der Waals surface area contributed by atoms with E-state index in [1.165, 1.54) is 11.0 Å². The number of nitrogens with zero attached hydrogens (tertiary/aromatic N) is 1. The summed E-state index contributed by atoms with van der Waals surface area (Å²) in [5.74, 6) is -2.13. The third kappa shape index (κ3) is 2.86. The summed E-state index contributed by atoms with van der Waals surface area (Å²) in [7, 11) is 0. The molecule has 6 heteroatoms. The SMILES string of the molecule is Cc1cc(C)c(C(=O)N2C[C@@H](O)C[C@H]2c2ccc(F)c(F)c2)[nH]1. The first-order valence-electron chi connectivity index (χ1n) is 7.47. The van der Waals surface area contributed by atoms with Gasteiger partial charge in [0, 0.05) is 12.2 Å². The molecule has 0 spiro atoms. The van der Waals surface area contributed by atoms with Crippen LogP contribution in [0.25, 0.3) is 0 Å². The molecule has 2 aromatic rings. The molecule has 1 aromatic carbocycles. The third-order valence-electron chi connectivity index (χ3n) is 4.23. The molecule has 23 heavy (non-hydrogen) atoms. The molecule has 0 radical (unpaired) electrons. The fraction of sp³-hybridized carbons (Fsp3) is 0.353. The Balaban J connectivity index is 1.94. The minimum atomic E-state index is -0.955. The van der Waals surface area contributed by atoms with Crippen LogP contribution in [0, 0.1) is 25.5 Å². The van der Waals surface area contributed by atoms with Crippen molar-refractivity contribution >= 4 is 5.91 Å². The Morgan fingerprint density at radius 1 is 1.26 bits per heavy atom. The molecule has 3 rings (SSSR count). The molecule has 1 fully saturated rings. The second-order valence-corrected chi connectivity index (χ2v) is 6.05. The van der Waals surface area contributed by atoms with Crippen LogP contribution in [0.2, 0.25) is 0 Å². The molecule has 2 atom stereocenters. The molecule has 0 unspecified atom stereocenters. The van der Waals surface area contributed by atoms with Crippen molar-refractivity contribution in [2.75, 3.05) is 6.54 Å². The number of β-amino-alcohol motifs (C(OH)–C–C–N with tert-alkyl or cyclic N) is 1. The Labute approximate surface area is 132 Å². The summed E-state index contributed by atoms with van der Waals surface area (Å²) < 4.78 is 26.6. The van der Waals surface area contributed by atoms with E-state index in [1.807, 2.05) is 19.9 Å². The quantitative estimate of drug-likeness (QED) is 0.894. The van der Waals surface area contributed by atoms with E-state index in [4.69, 9.17) is 0 Å². The van der Waals surface area contributed by atoms with E-state index in [1.54, 1.807) is 0 Å². The maximum absolute atomic E-state index is 13.5. The van der Waals surface area contributed by atoms with Gasteiger partial charge in [0.1, 0.15) is 5.69 Å². The Morgan fingerprint density at radius 2 is 2.00 bits per heavy atom. The molecule has 2 N–H and O–H groups in total. The van der Waals surface area contributed by atoms with Gasteiger partial charge in [-0.3, -0.25) is 4.79 Å². The molecule has 1 aliphatic heterocycles. The summed E-state index contributed by atoms with van der Waals surface area (Å²) in [6.07, 6.45) is -0.385. The van der Waals surface area contributed by atoms with E-state index in [2.05, 4.69) is 4.98 Å². The zero-order valence-corrected chi connectivity index (χ0v) is 12.9. The summed E-state index contributed by atoms with van der Waals surface area (Å²) in [4.78, 5) is 17.3. The van der Waals surface area contributed by atoms with Gasteiger partial charge >= 0.3 is 0 Å². The van der Waals surface area contributed by atoms with Crippen LogP contribution in [-0.2, 0) is 0 Å². The fourth-order valence-electron chi connectivity index (χ4n) is 3.17. The zero-order chi connectivity index (χ0) is 16.7. The van der Waals surface area contributed by atoms with Crippen LogP contribution < -0.4 is 0 Å². The van der Waals surface area contributed by atoms with Gasteiger partial charge in [0.2, 0.25) is 0 Å². The highest BCUT2D eigenvalue weighted by molar-refractivity contribution is 5.94. The molecule has 4 nitrogen and oxygen atoms in total. The van der Waals surface area contributed by atoms with Gasteiger partial charge in [0.25, 0.3) is 5.91 Å². The molecular weight excluding hydrogens is 302 g/mol. The van der Waals surface area contributed by atoms with Crippen molar-refractivity contribution in [3.63, 3.8) is 0 Å². The standard InChI is InChI=1S/C17H18F2N2O2/c1-9-5-10(2)20-16(9)17(23)21-8-12(22)7-15(21)11-3-4-13(18)14(19)6-11/h3-6,12,15,20,22H,7-8H2,1-2H3/t12-,15-/m0/s1. The Kier molecular flexibility index (Phi) is 3.93. The van der Waals surface area contributed by atoms with Gasteiger partial charge in [-0.1, -0.05) is 6.07 Å². The minimum absolute atomic E-state index is 0.167. The summed E-state index contributed by atoms with van der Waals surface area (Å²) in [6, 6.07) is 4.98. The number of benzene rings is 1. The van der Waals surface area contributed by atoms with Gasteiger partial charge in [-0.25, -0.2) is 8.78 Å². The van der Waals surface area contributed by atoms with Crippen LogP contribution in [0.3, 0.4) is 0 Å². The molecular formula is C17H18F2N2O2. The Bertz CT molecular complexity index is 757. The van der Waals surface area contributed by atoms with E-state index in [-0.39, 0.29) is 12.5 Å². The van der Waals surface area contributed by atoms with Crippen LogP contribution in [0.1, 0.15) is 39.8 Å². The number of halogens is 2. The van der Waals surface area contributed by atoms with E-state index in [0.717, 1.165) is 23.4 Å². The van der Waals surface area contributed by atoms with Crippen LogP contribution in [-0.4, -0.2) is 33.5 Å². The summed E-state index contributed by atoms with van der Waals surface area (Å²) in [5.41, 5.74) is 2.63. The van der Waals surface area contributed by atoms with Gasteiger partial charge in [-0.05, 0) is 49.6 Å². The van der Waals surface area contributed by atoms with Crippen molar-refractivity contribution in [3.8, 4) is 0 Å². The number of amides is 1. The second kappa shape index (κ2) is 5.77. The average Bonchev–Trinajstić information content (AvgIpc) is 3.03.